The zero-order valence-corrected chi connectivity index (χ0v) is 11.0. The van der Waals surface area contributed by atoms with Crippen molar-refractivity contribution in [2.24, 2.45) is 0 Å². The van der Waals surface area contributed by atoms with Crippen molar-refractivity contribution < 1.29 is 0 Å². The molecular weight excluding hydrogens is 270 g/mol. The van der Waals surface area contributed by atoms with Crippen LogP contribution in [0.5, 0.6) is 0 Å². The second-order valence-corrected chi connectivity index (χ2v) is 3.95. The number of nitrogens with zero attached hydrogens (tertiary/aromatic N) is 8. The third-order valence-corrected chi connectivity index (χ3v) is 2.60. The summed E-state index contributed by atoms with van der Waals surface area (Å²) in [6, 6.07) is 3.69. The summed E-state index contributed by atoms with van der Waals surface area (Å²) >= 11 is 0. The molecule has 9 nitrogen and oxygen atoms in total. The molecule has 0 saturated carbocycles. The molecule has 3 heterocycles. The highest BCUT2D eigenvalue weighted by Crippen LogP contribution is 2.17. The molecule has 21 heavy (non-hydrogen) atoms. The third kappa shape index (κ3) is 2.50. The zero-order chi connectivity index (χ0) is 14.7. The van der Waals surface area contributed by atoms with Crippen molar-refractivity contribution in [2.45, 2.75) is 0 Å². The Hall–Kier alpha value is -3.41. The van der Waals surface area contributed by atoms with E-state index < -0.39 is 0 Å². The molecule has 0 radical (unpaired) electrons. The van der Waals surface area contributed by atoms with Gasteiger partial charge in [-0.05, 0) is 6.07 Å². The van der Waals surface area contributed by atoms with Gasteiger partial charge in [-0.1, -0.05) is 0 Å². The maximum Gasteiger partial charge on any atom is 0.257 e. The predicted molar refractivity (Wildman–Crippen MR) is 72.2 cm³/mol. The first-order chi connectivity index (χ1) is 10.3. The molecular formula is C12H9N9. The summed E-state index contributed by atoms with van der Waals surface area (Å²) in [7, 11) is 1.70. The number of nitrogens with one attached hydrogen (secondary N) is 1. The lowest BCUT2D eigenvalue weighted by molar-refractivity contribution is 0.798. The van der Waals surface area contributed by atoms with E-state index in [2.05, 4.69) is 35.3 Å². The standard InChI is InChI=1S/C12H9N9/c1-14-11-18-10(9-2-8(3-13)4-15-5-9)19-12(20-11)21-7-16-6-17-21/h2,4-7H,1H3,(H,14,18,19,20). The van der Waals surface area contributed by atoms with Crippen LogP contribution < -0.4 is 5.32 Å². The van der Waals surface area contributed by atoms with E-state index in [9.17, 15) is 0 Å². The van der Waals surface area contributed by atoms with E-state index in [1.807, 2.05) is 6.07 Å². The Morgan fingerprint density at radius 3 is 2.81 bits per heavy atom. The van der Waals surface area contributed by atoms with E-state index in [4.69, 9.17) is 5.26 Å². The number of hydrogen-bond acceptors (Lipinski definition) is 8. The van der Waals surface area contributed by atoms with Crippen LogP contribution in [0.1, 0.15) is 5.56 Å². The molecule has 102 valence electrons. The van der Waals surface area contributed by atoms with Gasteiger partial charge in [0.25, 0.3) is 5.95 Å². The van der Waals surface area contributed by atoms with Crippen LogP contribution in [0.3, 0.4) is 0 Å². The number of anilines is 1. The lowest BCUT2D eigenvalue weighted by atomic mass is 10.2. The van der Waals surface area contributed by atoms with Gasteiger partial charge in [0.1, 0.15) is 18.7 Å². The summed E-state index contributed by atoms with van der Waals surface area (Å²) in [5.74, 6) is 1.10. The molecule has 3 rings (SSSR count). The van der Waals surface area contributed by atoms with Crippen LogP contribution in [0, 0.1) is 11.3 Å². The fourth-order valence-electron chi connectivity index (χ4n) is 1.64. The Morgan fingerprint density at radius 1 is 1.19 bits per heavy atom. The van der Waals surface area contributed by atoms with Gasteiger partial charge in [-0.2, -0.15) is 30.0 Å². The van der Waals surface area contributed by atoms with Crippen LogP contribution in [-0.4, -0.2) is 41.7 Å². The van der Waals surface area contributed by atoms with Crippen LogP contribution in [-0.2, 0) is 0 Å². The highest BCUT2D eigenvalue weighted by Gasteiger charge is 2.10. The van der Waals surface area contributed by atoms with Crippen LogP contribution in [0.4, 0.5) is 5.95 Å². The van der Waals surface area contributed by atoms with Crippen LogP contribution in [0.25, 0.3) is 17.3 Å². The van der Waals surface area contributed by atoms with Gasteiger partial charge < -0.3 is 5.32 Å². The molecule has 0 atom stereocenters. The molecule has 0 aromatic carbocycles. The predicted octanol–water partition coefficient (Wildman–Crippen LogP) is 0.428. The number of rotatable bonds is 3. The van der Waals surface area contributed by atoms with Crippen molar-refractivity contribution in [3.05, 3.63) is 36.7 Å². The van der Waals surface area contributed by atoms with Crippen molar-refractivity contribution in [3.8, 4) is 23.4 Å². The molecule has 0 aliphatic carbocycles. The first kappa shape index (κ1) is 12.6. The highest BCUT2D eigenvalue weighted by atomic mass is 15.4. The number of aromatic nitrogens is 7. The maximum atomic E-state index is 8.94. The molecule has 0 fully saturated rings. The smallest absolute Gasteiger partial charge is 0.257 e. The van der Waals surface area contributed by atoms with Crippen LogP contribution >= 0.6 is 0 Å². The lowest BCUT2D eigenvalue weighted by Crippen LogP contribution is -2.08. The number of pyridine rings is 1. The topological polar surface area (TPSA) is 118 Å². The van der Waals surface area contributed by atoms with Gasteiger partial charge in [-0.3, -0.25) is 4.98 Å². The van der Waals surface area contributed by atoms with Crippen molar-refractivity contribution in [3.63, 3.8) is 0 Å². The second-order valence-electron chi connectivity index (χ2n) is 3.95. The second kappa shape index (κ2) is 5.30. The third-order valence-electron chi connectivity index (χ3n) is 2.60. The minimum atomic E-state index is 0.323. The number of hydrogen-bond donors (Lipinski definition) is 1. The molecule has 3 aromatic heterocycles. The summed E-state index contributed by atoms with van der Waals surface area (Å²) in [6.07, 6.45) is 5.94. The van der Waals surface area contributed by atoms with Gasteiger partial charge in [-0.25, -0.2) is 4.98 Å². The molecule has 0 spiro atoms. The average Bonchev–Trinajstić information content (AvgIpc) is 3.09. The van der Waals surface area contributed by atoms with Crippen molar-refractivity contribution >= 4 is 5.95 Å². The highest BCUT2D eigenvalue weighted by molar-refractivity contribution is 5.57. The Bertz CT molecular complexity index is 804. The molecule has 0 aliphatic rings. The Morgan fingerprint density at radius 2 is 2.10 bits per heavy atom. The lowest BCUT2D eigenvalue weighted by Gasteiger charge is -2.06. The van der Waals surface area contributed by atoms with Crippen molar-refractivity contribution in [1.29, 1.82) is 5.26 Å². The SMILES string of the molecule is CNc1nc(-c2cncc(C#N)c2)nc(-n2cncn2)n1. The molecule has 9 heteroatoms. The van der Waals surface area contributed by atoms with Gasteiger partial charge in [0, 0.05) is 25.0 Å². The Labute approximate surface area is 119 Å². The molecule has 0 aliphatic heterocycles. The zero-order valence-electron chi connectivity index (χ0n) is 11.0. The maximum absolute atomic E-state index is 8.94. The summed E-state index contributed by atoms with van der Waals surface area (Å²) in [5, 5.41) is 15.8. The average molecular weight is 279 g/mol. The first-order valence-corrected chi connectivity index (χ1v) is 5.94. The molecule has 3 aromatic rings. The minimum absolute atomic E-state index is 0.323. The van der Waals surface area contributed by atoms with Gasteiger partial charge in [0.05, 0.1) is 5.56 Å². The van der Waals surface area contributed by atoms with E-state index in [0.717, 1.165) is 0 Å². The normalized spacial score (nSPS) is 10.1. The summed E-state index contributed by atoms with van der Waals surface area (Å²) in [6.45, 7) is 0. The molecule has 0 amide bonds. The number of nitriles is 1. The largest absolute Gasteiger partial charge is 0.357 e. The molecule has 0 saturated heterocycles. The van der Waals surface area contributed by atoms with Gasteiger partial charge in [-0.15, -0.1) is 0 Å². The van der Waals surface area contributed by atoms with E-state index in [1.54, 1.807) is 19.3 Å². The quantitative estimate of drug-likeness (QED) is 0.733. The summed E-state index contributed by atoms with van der Waals surface area (Å²) < 4.78 is 1.42. The monoisotopic (exact) mass is 279 g/mol. The summed E-state index contributed by atoms with van der Waals surface area (Å²) in [4.78, 5) is 20.6. The minimum Gasteiger partial charge on any atom is -0.357 e. The van der Waals surface area contributed by atoms with E-state index >= 15 is 0 Å². The fourth-order valence-corrected chi connectivity index (χ4v) is 1.64. The Kier molecular flexibility index (Phi) is 3.18. The first-order valence-electron chi connectivity index (χ1n) is 5.94. The van der Waals surface area contributed by atoms with Gasteiger partial charge in [0.15, 0.2) is 5.82 Å². The van der Waals surface area contributed by atoms with Gasteiger partial charge >= 0.3 is 0 Å². The van der Waals surface area contributed by atoms with Crippen molar-refractivity contribution in [2.75, 3.05) is 12.4 Å². The van der Waals surface area contributed by atoms with E-state index in [0.29, 0.717) is 28.8 Å². The Balaban J connectivity index is 2.14. The van der Waals surface area contributed by atoms with E-state index in [-0.39, 0.29) is 0 Å². The van der Waals surface area contributed by atoms with Crippen LogP contribution in [0.15, 0.2) is 31.1 Å². The molecule has 0 unspecified atom stereocenters. The molecule has 0 bridgehead atoms. The van der Waals surface area contributed by atoms with Gasteiger partial charge in [0.2, 0.25) is 5.95 Å². The van der Waals surface area contributed by atoms with Crippen LogP contribution in [0.2, 0.25) is 0 Å². The molecule has 1 N–H and O–H groups in total. The van der Waals surface area contributed by atoms with Crippen molar-refractivity contribution in [1.82, 2.24) is 34.7 Å². The summed E-state index contributed by atoms with van der Waals surface area (Å²) in [5.41, 5.74) is 1.05. The van der Waals surface area contributed by atoms with E-state index in [1.165, 1.54) is 23.5 Å². The fraction of sp³-hybridized carbons (Fsp3) is 0.0833.